The number of thiazole rings is 1. The summed E-state index contributed by atoms with van der Waals surface area (Å²) in [5.41, 5.74) is 6.35. The standard InChI is InChI=1S/C28H28N4O2S/c33-27(30-25-7-3-21(4-8-25)17-22-9-11-29-12-10-22)18-26-20-35-28(31-26)24-5-1-23(2-6-24)19-32-13-15-34-16-14-32/h1-12,20H,13-19H2,(H,30,33). The van der Waals surface area contributed by atoms with Crippen LogP contribution in [-0.4, -0.2) is 47.1 Å². The van der Waals surface area contributed by atoms with Gasteiger partial charge in [-0.05, 0) is 47.4 Å². The van der Waals surface area contributed by atoms with Crippen molar-refractivity contribution in [2.75, 3.05) is 31.6 Å². The predicted octanol–water partition coefficient (Wildman–Crippen LogP) is 4.81. The Morgan fingerprint density at radius 1 is 0.914 bits per heavy atom. The number of morpholine rings is 1. The first kappa shape index (κ1) is 23.4. The topological polar surface area (TPSA) is 67.4 Å². The summed E-state index contributed by atoms with van der Waals surface area (Å²) in [6, 6.07) is 20.6. The zero-order valence-electron chi connectivity index (χ0n) is 19.5. The molecule has 1 amide bonds. The average Bonchev–Trinajstić information content (AvgIpc) is 3.35. The van der Waals surface area contributed by atoms with Crippen molar-refractivity contribution in [3.8, 4) is 10.6 Å². The number of rotatable bonds is 8. The monoisotopic (exact) mass is 484 g/mol. The van der Waals surface area contributed by atoms with E-state index in [0.29, 0.717) is 0 Å². The van der Waals surface area contributed by atoms with Crippen molar-refractivity contribution in [3.63, 3.8) is 0 Å². The highest BCUT2D eigenvalue weighted by Crippen LogP contribution is 2.25. The molecule has 0 bridgehead atoms. The zero-order chi connectivity index (χ0) is 23.9. The molecule has 7 heteroatoms. The quantitative estimate of drug-likeness (QED) is 0.389. The van der Waals surface area contributed by atoms with Crippen LogP contribution in [0.1, 0.15) is 22.4 Å². The largest absolute Gasteiger partial charge is 0.379 e. The van der Waals surface area contributed by atoms with Crippen LogP contribution in [0.25, 0.3) is 10.6 Å². The summed E-state index contributed by atoms with van der Waals surface area (Å²) in [6.45, 7) is 4.53. The number of benzene rings is 2. The molecule has 1 fully saturated rings. The van der Waals surface area contributed by atoms with E-state index in [1.807, 2.05) is 41.8 Å². The number of pyridine rings is 1. The molecule has 3 heterocycles. The molecule has 35 heavy (non-hydrogen) atoms. The molecule has 178 valence electrons. The highest BCUT2D eigenvalue weighted by molar-refractivity contribution is 7.13. The SMILES string of the molecule is O=C(Cc1csc(-c2ccc(CN3CCOCC3)cc2)n1)Nc1ccc(Cc2ccncc2)cc1. The lowest BCUT2D eigenvalue weighted by atomic mass is 10.1. The second-order valence-electron chi connectivity index (χ2n) is 8.68. The van der Waals surface area contributed by atoms with Crippen LogP contribution in [-0.2, 0) is 28.9 Å². The summed E-state index contributed by atoms with van der Waals surface area (Å²) >= 11 is 1.57. The average molecular weight is 485 g/mol. The number of anilines is 1. The Bertz CT molecular complexity index is 1230. The first-order chi connectivity index (χ1) is 17.2. The Morgan fingerprint density at radius 3 is 2.34 bits per heavy atom. The minimum absolute atomic E-state index is 0.0652. The first-order valence-corrected chi connectivity index (χ1v) is 12.7. The van der Waals surface area contributed by atoms with Crippen molar-refractivity contribution in [1.29, 1.82) is 0 Å². The van der Waals surface area contributed by atoms with Gasteiger partial charge in [0.15, 0.2) is 0 Å². The fourth-order valence-electron chi connectivity index (χ4n) is 4.10. The molecule has 0 spiro atoms. The molecule has 1 N–H and O–H groups in total. The van der Waals surface area contributed by atoms with Gasteiger partial charge in [0.05, 0.1) is 25.3 Å². The van der Waals surface area contributed by atoms with E-state index >= 15 is 0 Å². The van der Waals surface area contributed by atoms with Gasteiger partial charge < -0.3 is 10.1 Å². The van der Waals surface area contributed by atoms with E-state index in [1.54, 1.807) is 23.7 Å². The minimum Gasteiger partial charge on any atom is -0.379 e. The van der Waals surface area contributed by atoms with E-state index in [2.05, 4.69) is 39.5 Å². The predicted molar refractivity (Wildman–Crippen MR) is 139 cm³/mol. The lowest BCUT2D eigenvalue weighted by Gasteiger charge is -2.26. The molecule has 0 unspecified atom stereocenters. The molecule has 2 aromatic carbocycles. The Kier molecular flexibility index (Phi) is 7.58. The maximum Gasteiger partial charge on any atom is 0.230 e. The van der Waals surface area contributed by atoms with Crippen molar-refractivity contribution in [1.82, 2.24) is 14.9 Å². The van der Waals surface area contributed by atoms with Crippen molar-refractivity contribution in [2.24, 2.45) is 0 Å². The summed E-state index contributed by atoms with van der Waals surface area (Å²) in [5, 5.41) is 5.88. The number of hydrogen-bond acceptors (Lipinski definition) is 6. The van der Waals surface area contributed by atoms with Crippen LogP contribution < -0.4 is 5.32 Å². The van der Waals surface area contributed by atoms with Gasteiger partial charge in [0.2, 0.25) is 5.91 Å². The van der Waals surface area contributed by atoms with E-state index in [0.717, 1.165) is 61.2 Å². The second-order valence-corrected chi connectivity index (χ2v) is 9.54. The summed E-state index contributed by atoms with van der Waals surface area (Å²) < 4.78 is 5.42. The van der Waals surface area contributed by atoms with Gasteiger partial charge >= 0.3 is 0 Å². The van der Waals surface area contributed by atoms with E-state index in [9.17, 15) is 4.79 Å². The van der Waals surface area contributed by atoms with Crippen LogP contribution in [0, 0.1) is 0 Å². The number of aromatic nitrogens is 2. The molecular formula is C28H28N4O2S. The van der Waals surface area contributed by atoms with Crippen LogP contribution in [0.5, 0.6) is 0 Å². The van der Waals surface area contributed by atoms with Gasteiger partial charge in [-0.25, -0.2) is 4.98 Å². The highest BCUT2D eigenvalue weighted by Gasteiger charge is 2.12. The van der Waals surface area contributed by atoms with E-state index in [4.69, 9.17) is 9.72 Å². The Morgan fingerprint density at radius 2 is 1.60 bits per heavy atom. The highest BCUT2D eigenvalue weighted by atomic mass is 32.1. The van der Waals surface area contributed by atoms with E-state index in [1.165, 1.54) is 16.7 Å². The number of nitrogens with one attached hydrogen (secondary N) is 1. The fourth-order valence-corrected chi connectivity index (χ4v) is 4.93. The summed E-state index contributed by atoms with van der Waals surface area (Å²) in [5.74, 6) is -0.0652. The number of hydrogen-bond donors (Lipinski definition) is 1. The van der Waals surface area contributed by atoms with Crippen molar-refractivity contribution >= 4 is 22.9 Å². The fraction of sp³-hybridized carbons (Fsp3) is 0.250. The molecule has 1 saturated heterocycles. The van der Waals surface area contributed by atoms with E-state index < -0.39 is 0 Å². The van der Waals surface area contributed by atoms with Crippen molar-refractivity contribution in [3.05, 3.63) is 101 Å². The molecule has 1 aliphatic rings. The Balaban J connectivity index is 1.13. The van der Waals surface area contributed by atoms with Gasteiger partial charge in [-0.2, -0.15) is 0 Å². The summed E-state index contributed by atoms with van der Waals surface area (Å²) in [7, 11) is 0. The molecule has 0 saturated carbocycles. The lowest BCUT2D eigenvalue weighted by Crippen LogP contribution is -2.35. The van der Waals surface area contributed by atoms with Crippen molar-refractivity contribution < 1.29 is 9.53 Å². The number of nitrogens with zero attached hydrogens (tertiary/aromatic N) is 3. The molecule has 6 nitrogen and oxygen atoms in total. The number of carbonyl (C=O) groups is 1. The Hall–Kier alpha value is -3.39. The normalized spacial score (nSPS) is 14.1. The van der Waals surface area contributed by atoms with Crippen LogP contribution in [0.15, 0.2) is 78.4 Å². The van der Waals surface area contributed by atoms with Gasteiger partial charge in [0, 0.05) is 48.7 Å². The number of carbonyl (C=O) groups excluding carboxylic acids is 1. The third-order valence-electron chi connectivity index (χ3n) is 6.00. The van der Waals surface area contributed by atoms with Gasteiger partial charge in [-0.15, -0.1) is 11.3 Å². The van der Waals surface area contributed by atoms with Crippen LogP contribution in [0.2, 0.25) is 0 Å². The molecule has 1 aliphatic heterocycles. The Labute approximate surface area is 209 Å². The summed E-state index contributed by atoms with van der Waals surface area (Å²) in [6.07, 6.45) is 4.70. The third-order valence-corrected chi connectivity index (χ3v) is 6.94. The zero-order valence-corrected chi connectivity index (χ0v) is 20.3. The lowest BCUT2D eigenvalue weighted by molar-refractivity contribution is -0.115. The van der Waals surface area contributed by atoms with Crippen LogP contribution in [0.3, 0.4) is 0 Å². The molecular weight excluding hydrogens is 456 g/mol. The molecule has 0 radical (unpaired) electrons. The molecule has 4 aromatic rings. The first-order valence-electron chi connectivity index (χ1n) is 11.8. The van der Waals surface area contributed by atoms with Gasteiger partial charge in [0.1, 0.15) is 5.01 Å². The maximum absolute atomic E-state index is 12.6. The minimum atomic E-state index is -0.0652. The van der Waals surface area contributed by atoms with Crippen molar-refractivity contribution in [2.45, 2.75) is 19.4 Å². The number of amides is 1. The van der Waals surface area contributed by atoms with Crippen LogP contribution >= 0.6 is 11.3 Å². The summed E-state index contributed by atoms with van der Waals surface area (Å²) in [4.78, 5) is 23.7. The second kappa shape index (κ2) is 11.4. The molecule has 2 aromatic heterocycles. The number of ether oxygens (including phenoxy) is 1. The van der Waals surface area contributed by atoms with Crippen LogP contribution in [0.4, 0.5) is 5.69 Å². The van der Waals surface area contributed by atoms with Gasteiger partial charge in [-0.3, -0.25) is 14.7 Å². The maximum atomic E-state index is 12.6. The molecule has 0 aliphatic carbocycles. The smallest absolute Gasteiger partial charge is 0.230 e. The molecule has 5 rings (SSSR count). The van der Waals surface area contributed by atoms with Gasteiger partial charge in [-0.1, -0.05) is 36.4 Å². The molecule has 0 atom stereocenters. The van der Waals surface area contributed by atoms with E-state index in [-0.39, 0.29) is 12.3 Å². The van der Waals surface area contributed by atoms with Gasteiger partial charge in [0.25, 0.3) is 0 Å². The third kappa shape index (κ3) is 6.60.